The smallest absolute Gasteiger partial charge is 0.161 e. The van der Waals surface area contributed by atoms with Gasteiger partial charge in [-0.05, 0) is 24.6 Å². The second kappa shape index (κ2) is 3.81. The van der Waals surface area contributed by atoms with E-state index in [1.807, 2.05) is 12.1 Å². The van der Waals surface area contributed by atoms with E-state index in [2.05, 4.69) is 22.9 Å². The molecule has 0 spiro atoms. The number of halogens is 1. The molecule has 1 aromatic rings. The van der Waals surface area contributed by atoms with E-state index >= 15 is 0 Å². The van der Waals surface area contributed by atoms with E-state index in [1.165, 1.54) is 0 Å². The predicted octanol–water partition coefficient (Wildman–Crippen LogP) is 2.65. The van der Waals surface area contributed by atoms with Crippen molar-refractivity contribution < 1.29 is 9.47 Å². The zero-order valence-corrected chi connectivity index (χ0v) is 8.64. The molecule has 1 radical (unpaired) electrons. The summed E-state index contributed by atoms with van der Waals surface area (Å²) in [7, 11) is 3.21. The maximum atomic E-state index is 5.09. The van der Waals surface area contributed by atoms with Crippen molar-refractivity contribution in [1.82, 2.24) is 0 Å². The summed E-state index contributed by atoms with van der Waals surface area (Å²) in [6.07, 6.45) is 0. The van der Waals surface area contributed by atoms with E-state index in [4.69, 9.17) is 9.47 Å². The van der Waals surface area contributed by atoms with E-state index in [0.29, 0.717) is 11.5 Å². The quantitative estimate of drug-likeness (QED) is 0.777. The molecule has 0 fully saturated rings. The molecular weight excluding hydrogens is 220 g/mol. The lowest BCUT2D eigenvalue weighted by Crippen LogP contribution is -1.91. The Morgan fingerprint density at radius 1 is 1.17 bits per heavy atom. The minimum absolute atomic E-state index is 0.700. The lowest BCUT2D eigenvalue weighted by molar-refractivity contribution is 0.354. The van der Waals surface area contributed by atoms with E-state index in [0.717, 1.165) is 10.0 Å². The Morgan fingerprint density at radius 2 is 1.67 bits per heavy atom. The van der Waals surface area contributed by atoms with Gasteiger partial charge in [0, 0.05) is 4.47 Å². The lowest BCUT2D eigenvalue weighted by Gasteiger charge is -2.08. The van der Waals surface area contributed by atoms with Gasteiger partial charge in [-0.1, -0.05) is 15.9 Å². The average Bonchev–Trinajstić information content (AvgIpc) is 2.09. The monoisotopic (exact) mass is 229 g/mol. The fourth-order valence-corrected chi connectivity index (χ4v) is 1.22. The summed E-state index contributed by atoms with van der Waals surface area (Å²) in [6, 6.07) is 3.66. The second-order valence-electron chi connectivity index (χ2n) is 2.30. The highest BCUT2D eigenvalue weighted by atomic mass is 79.9. The summed E-state index contributed by atoms with van der Waals surface area (Å²) < 4.78 is 11.1. The number of benzene rings is 1. The highest BCUT2D eigenvalue weighted by Gasteiger charge is 2.05. The normalized spacial score (nSPS) is 9.67. The topological polar surface area (TPSA) is 18.5 Å². The van der Waals surface area contributed by atoms with Gasteiger partial charge in [-0.25, -0.2) is 0 Å². The maximum Gasteiger partial charge on any atom is 0.161 e. The third-order valence-corrected chi connectivity index (χ3v) is 2.29. The van der Waals surface area contributed by atoms with Gasteiger partial charge >= 0.3 is 0 Å². The summed E-state index contributed by atoms with van der Waals surface area (Å²) in [5, 5.41) is 0. The molecule has 12 heavy (non-hydrogen) atoms. The highest BCUT2D eigenvalue weighted by Crippen LogP contribution is 2.32. The Kier molecular flexibility index (Phi) is 2.98. The standard InChI is InChI=1S/C9H10BrO2/c1-6-4-8(11-2)9(12-3)5-7(6)10/h4-5H,1H2,2-3H3. The van der Waals surface area contributed by atoms with Crippen molar-refractivity contribution in [1.29, 1.82) is 0 Å². The van der Waals surface area contributed by atoms with Crippen LogP contribution in [-0.2, 0) is 0 Å². The fraction of sp³-hybridized carbons (Fsp3) is 0.222. The third-order valence-electron chi connectivity index (χ3n) is 1.55. The van der Waals surface area contributed by atoms with E-state index in [-0.39, 0.29) is 0 Å². The van der Waals surface area contributed by atoms with Crippen molar-refractivity contribution in [3.63, 3.8) is 0 Å². The van der Waals surface area contributed by atoms with Gasteiger partial charge in [0.1, 0.15) is 0 Å². The molecule has 0 amide bonds. The van der Waals surface area contributed by atoms with Gasteiger partial charge in [-0.2, -0.15) is 0 Å². The molecule has 0 unspecified atom stereocenters. The molecule has 1 rings (SSSR count). The Morgan fingerprint density at radius 3 is 2.17 bits per heavy atom. The van der Waals surface area contributed by atoms with Crippen molar-refractivity contribution in [2.45, 2.75) is 0 Å². The van der Waals surface area contributed by atoms with Crippen molar-refractivity contribution in [3.8, 4) is 11.5 Å². The van der Waals surface area contributed by atoms with Crippen LogP contribution in [0.4, 0.5) is 0 Å². The van der Waals surface area contributed by atoms with Crippen LogP contribution in [0.25, 0.3) is 0 Å². The number of rotatable bonds is 2. The van der Waals surface area contributed by atoms with Crippen LogP contribution in [-0.4, -0.2) is 14.2 Å². The first kappa shape index (κ1) is 9.39. The van der Waals surface area contributed by atoms with Gasteiger partial charge < -0.3 is 9.47 Å². The molecule has 65 valence electrons. The highest BCUT2D eigenvalue weighted by molar-refractivity contribution is 9.10. The SMILES string of the molecule is [CH2]c1cc(OC)c(OC)cc1Br. The largest absolute Gasteiger partial charge is 0.493 e. The van der Waals surface area contributed by atoms with Crippen LogP contribution in [0, 0.1) is 6.92 Å². The predicted molar refractivity (Wildman–Crippen MR) is 51.7 cm³/mol. The van der Waals surface area contributed by atoms with Gasteiger partial charge in [-0.15, -0.1) is 0 Å². The first-order chi connectivity index (χ1) is 5.69. The second-order valence-corrected chi connectivity index (χ2v) is 3.15. The first-order valence-corrected chi connectivity index (χ1v) is 4.21. The number of hydrogen-bond acceptors (Lipinski definition) is 2. The molecule has 0 aromatic heterocycles. The van der Waals surface area contributed by atoms with Crippen LogP contribution in [0.2, 0.25) is 0 Å². The molecule has 0 aliphatic carbocycles. The average molecular weight is 230 g/mol. The Bertz CT molecular complexity index is 255. The molecule has 1 aromatic carbocycles. The lowest BCUT2D eigenvalue weighted by atomic mass is 10.2. The van der Waals surface area contributed by atoms with E-state index < -0.39 is 0 Å². The van der Waals surface area contributed by atoms with Crippen molar-refractivity contribution in [2.24, 2.45) is 0 Å². The molecule has 0 atom stereocenters. The summed E-state index contributed by atoms with van der Waals surface area (Å²) in [4.78, 5) is 0. The molecular formula is C9H10BrO2. The molecule has 0 heterocycles. The van der Waals surface area contributed by atoms with Gasteiger partial charge in [-0.3, -0.25) is 0 Å². The van der Waals surface area contributed by atoms with Gasteiger partial charge in [0.05, 0.1) is 14.2 Å². The van der Waals surface area contributed by atoms with Gasteiger partial charge in [0.15, 0.2) is 11.5 Å². The summed E-state index contributed by atoms with van der Waals surface area (Å²) in [5.74, 6) is 1.41. The molecule has 0 saturated carbocycles. The van der Waals surface area contributed by atoms with Gasteiger partial charge in [0.25, 0.3) is 0 Å². The van der Waals surface area contributed by atoms with Crippen molar-refractivity contribution in [2.75, 3.05) is 14.2 Å². The molecule has 2 nitrogen and oxygen atoms in total. The van der Waals surface area contributed by atoms with E-state index in [9.17, 15) is 0 Å². The summed E-state index contributed by atoms with van der Waals surface area (Å²) in [6.45, 7) is 3.82. The number of methoxy groups -OCH3 is 2. The third kappa shape index (κ3) is 1.72. The first-order valence-electron chi connectivity index (χ1n) is 3.42. The van der Waals surface area contributed by atoms with Crippen molar-refractivity contribution >= 4 is 15.9 Å². The zero-order valence-electron chi connectivity index (χ0n) is 7.06. The fourth-order valence-electron chi connectivity index (χ4n) is 0.896. The van der Waals surface area contributed by atoms with Crippen LogP contribution in [0.1, 0.15) is 5.56 Å². The Labute approximate surface area is 80.6 Å². The molecule has 0 N–H and O–H groups in total. The Hall–Kier alpha value is -0.700. The minimum atomic E-state index is 0.700. The van der Waals surface area contributed by atoms with Crippen LogP contribution >= 0.6 is 15.9 Å². The van der Waals surface area contributed by atoms with Crippen molar-refractivity contribution in [3.05, 3.63) is 29.1 Å². The van der Waals surface area contributed by atoms with Crippen LogP contribution in [0.3, 0.4) is 0 Å². The molecule has 0 saturated heterocycles. The minimum Gasteiger partial charge on any atom is -0.493 e. The summed E-state index contributed by atoms with van der Waals surface area (Å²) in [5.41, 5.74) is 0.882. The zero-order chi connectivity index (χ0) is 9.14. The van der Waals surface area contributed by atoms with Crippen LogP contribution < -0.4 is 9.47 Å². The van der Waals surface area contributed by atoms with Crippen LogP contribution in [0.5, 0.6) is 11.5 Å². The van der Waals surface area contributed by atoms with Crippen LogP contribution in [0.15, 0.2) is 16.6 Å². The molecule has 0 bridgehead atoms. The molecule has 3 heteroatoms. The maximum absolute atomic E-state index is 5.09. The molecule has 0 aliphatic rings. The Balaban J connectivity index is 3.19. The summed E-state index contributed by atoms with van der Waals surface area (Å²) >= 11 is 3.35. The number of hydrogen-bond donors (Lipinski definition) is 0. The number of ether oxygens (including phenoxy) is 2. The van der Waals surface area contributed by atoms with E-state index in [1.54, 1.807) is 14.2 Å². The van der Waals surface area contributed by atoms with Gasteiger partial charge in [0.2, 0.25) is 0 Å². The molecule has 0 aliphatic heterocycles.